The third kappa shape index (κ3) is 3.86. The van der Waals surface area contributed by atoms with Gasteiger partial charge in [-0.3, -0.25) is 9.78 Å². The van der Waals surface area contributed by atoms with Gasteiger partial charge in [0.25, 0.3) is 11.8 Å². The fourth-order valence-corrected chi connectivity index (χ4v) is 2.61. The molecule has 0 bridgehead atoms. The standard InChI is InChI=1S/C20H13ClN4O2/c21-16-8-6-13(7-9-16)18-24-20(27-25-18)14-3-1-5-17(11-14)23-19(26)15-4-2-10-22-12-15/h1-12H,(H,23,26). The SMILES string of the molecule is O=C(Nc1cccc(-c2nc(-c3ccc(Cl)cc3)no2)c1)c1cccnc1. The number of halogens is 1. The number of carbonyl (C=O) groups excluding carboxylic acids is 1. The zero-order valence-corrected chi connectivity index (χ0v) is 14.7. The van der Waals surface area contributed by atoms with E-state index in [2.05, 4.69) is 20.4 Å². The molecule has 0 atom stereocenters. The van der Waals surface area contributed by atoms with Crippen LogP contribution in [0.1, 0.15) is 10.4 Å². The Labute approximate surface area is 159 Å². The lowest BCUT2D eigenvalue weighted by Crippen LogP contribution is -2.11. The molecule has 0 spiro atoms. The van der Waals surface area contributed by atoms with Gasteiger partial charge in [-0.25, -0.2) is 0 Å². The van der Waals surface area contributed by atoms with Gasteiger partial charge in [-0.2, -0.15) is 4.98 Å². The molecule has 6 nitrogen and oxygen atoms in total. The average molecular weight is 377 g/mol. The summed E-state index contributed by atoms with van der Waals surface area (Å²) in [7, 11) is 0. The number of anilines is 1. The Morgan fingerprint density at radius 3 is 2.63 bits per heavy atom. The van der Waals surface area contributed by atoms with E-state index in [0.717, 1.165) is 5.56 Å². The predicted octanol–water partition coefficient (Wildman–Crippen LogP) is 4.70. The van der Waals surface area contributed by atoms with Crippen LogP contribution in [0.5, 0.6) is 0 Å². The fourth-order valence-electron chi connectivity index (χ4n) is 2.49. The Hall–Kier alpha value is -3.51. The number of carbonyl (C=O) groups is 1. The Morgan fingerprint density at radius 2 is 1.85 bits per heavy atom. The number of nitrogens with one attached hydrogen (secondary N) is 1. The van der Waals surface area contributed by atoms with Crippen LogP contribution < -0.4 is 5.32 Å². The van der Waals surface area contributed by atoms with E-state index < -0.39 is 0 Å². The highest BCUT2D eigenvalue weighted by atomic mass is 35.5. The van der Waals surface area contributed by atoms with Crippen LogP contribution in [-0.4, -0.2) is 21.0 Å². The van der Waals surface area contributed by atoms with E-state index in [1.165, 1.54) is 6.20 Å². The summed E-state index contributed by atoms with van der Waals surface area (Å²) in [6.45, 7) is 0. The Bertz CT molecular complexity index is 1080. The van der Waals surface area contributed by atoms with Crippen molar-refractivity contribution in [3.8, 4) is 22.8 Å². The number of aromatic nitrogens is 3. The topological polar surface area (TPSA) is 80.9 Å². The number of nitrogens with zero attached hydrogens (tertiary/aromatic N) is 3. The van der Waals surface area contributed by atoms with Crippen LogP contribution >= 0.6 is 11.6 Å². The summed E-state index contributed by atoms with van der Waals surface area (Å²) in [5, 5.41) is 7.47. The first-order valence-corrected chi connectivity index (χ1v) is 8.48. The van der Waals surface area contributed by atoms with Crippen molar-refractivity contribution in [2.45, 2.75) is 0 Å². The lowest BCUT2D eigenvalue weighted by molar-refractivity contribution is 0.102. The van der Waals surface area contributed by atoms with Crippen LogP contribution in [0.15, 0.2) is 77.6 Å². The van der Waals surface area contributed by atoms with Crippen molar-refractivity contribution in [2.75, 3.05) is 5.32 Å². The molecule has 2 aromatic carbocycles. The van der Waals surface area contributed by atoms with Crippen LogP contribution in [0.4, 0.5) is 5.69 Å². The number of hydrogen-bond donors (Lipinski definition) is 1. The molecule has 1 amide bonds. The Kier molecular flexibility index (Phi) is 4.63. The minimum Gasteiger partial charge on any atom is -0.334 e. The first kappa shape index (κ1) is 16.9. The van der Waals surface area contributed by atoms with Crippen molar-refractivity contribution >= 4 is 23.2 Å². The normalized spacial score (nSPS) is 10.6. The molecule has 132 valence electrons. The second-order valence-corrected chi connectivity index (χ2v) is 6.14. The summed E-state index contributed by atoms with van der Waals surface area (Å²) in [5.41, 5.74) is 2.60. The summed E-state index contributed by atoms with van der Waals surface area (Å²) in [6, 6.07) is 17.8. The second kappa shape index (κ2) is 7.39. The van der Waals surface area contributed by atoms with E-state index in [4.69, 9.17) is 16.1 Å². The second-order valence-electron chi connectivity index (χ2n) is 5.71. The molecule has 0 saturated heterocycles. The lowest BCUT2D eigenvalue weighted by Gasteiger charge is -2.05. The van der Waals surface area contributed by atoms with Crippen molar-refractivity contribution in [1.82, 2.24) is 15.1 Å². The number of pyridine rings is 1. The van der Waals surface area contributed by atoms with Gasteiger partial charge in [0.1, 0.15) is 0 Å². The molecule has 1 N–H and O–H groups in total. The number of amides is 1. The smallest absolute Gasteiger partial charge is 0.258 e. The molecule has 0 fully saturated rings. The van der Waals surface area contributed by atoms with Crippen molar-refractivity contribution in [3.63, 3.8) is 0 Å². The molecular formula is C20H13ClN4O2. The monoisotopic (exact) mass is 376 g/mol. The van der Waals surface area contributed by atoms with Crippen LogP contribution in [-0.2, 0) is 0 Å². The predicted molar refractivity (Wildman–Crippen MR) is 102 cm³/mol. The number of rotatable bonds is 4. The summed E-state index contributed by atoms with van der Waals surface area (Å²) in [4.78, 5) is 20.6. The van der Waals surface area contributed by atoms with E-state index in [0.29, 0.717) is 33.6 Å². The highest BCUT2D eigenvalue weighted by molar-refractivity contribution is 6.30. The molecule has 2 aromatic heterocycles. The van der Waals surface area contributed by atoms with Gasteiger partial charge in [0, 0.05) is 34.2 Å². The number of hydrogen-bond acceptors (Lipinski definition) is 5. The van der Waals surface area contributed by atoms with Gasteiger partial charge >= 0.3 is 0 Å². The molecule has 27 heavy (non-hydrogen) atoms. The first-order valence-electron chi connectivity index (χ1n) is 8.10. The summed E-state index contributed by atoms with van der Waals surface area (Å²) in [6.07, 6.45) is 3.13. The van der Waals surface area contributed by atoms with E-state index in [1.807, 2.05) is 18.2 Å². The van der Waals surface area contributed by atoms with E-state index in [1.54, 1.807) is 48.7 Å². The minimum absolute atomic E-state index is 0.243. The molecule has 0 unspecified atom stereocenters. The molecule has 0 radical (unpaired) electrons. The molecule has 0 aliphatic heterocycles. The molecule has 0 saturated carbocycles. The summed E-state index contributed by atoms with van der Waals surface area (Å²) in [5.74, 6) is 0.580. The maximum atomic E-state index is 12.3. The van der Waals surface area contributed by atoms with Gasteiger partial charge in [-0.1, -0.05) is 22.8 Å². The fraction of sp³-hybridized carbons (Fsp3) is 0. The summed E-state index contributed by atoms with van der Waals surface area (Å²) < 4.78 is 5.36. The summed E-state index contributed by atoms with van der Waals surface area (Å²) >= 11 is 5.90. The Balaban J connectivity index is 1.56. The van der Waals surface area contributed by atoms with Gasteiger partial charge in [0.2, 0.25) is 5.82 Å². The molecule has 7 heteroatoms. The van der Waals surface area contributed by atoms with Crippen molar-refractivity contribution in [1.29, 1.82) is 0 Å². The van der Waals surface area contributed by atoms with Crippen molar-refractivity contribution in [3.05, 3.63) is 83.6 Å². The molecule has 4 rings (SSSR count). The van der Waals surface area contributed by atoms with Crippen LogP contribution in [0.2, 0.25) is 5.02 Å². The third-order valence-corrected chi connectivity index (χ3v) is 4.07. The van der Waals surface area contributed by atoms with E-state index >= 15 is 0 Å². The zero-order valence-electron chi connectivity index (χ0n) is 14.0. The largest absolute Gasteiger partial charge is 0.334 e. The highest BCUT2D eigenvalue weighted by Crippen LogP contribution is 2.25. The zero-order chi connectivity index (χ0) is 18.6. The van der Waals surface area contributed by atoms with Gasteiger partial charge in [0.15, 0.2) is 0 Å². The molecule has 0 aliphatic carbocycles. The van der Waals surface area contributed by atoms with Gasteiger partial charge < -0.3 is 9.84 Å². The maximum absolute atomic E-state index is 12.3. The van der Waals surface area contributed by atoms with Gasteiger partial charge in [-0.15, -0.1) is 0 Å². The van der Waals surface area contributed by atoms with Gasteiger partial charge in [0.05, 0.1) is 5.56 Å². The minimum atomic E-state index is -0.243. The van der Waals surface area contributed by atoms with Crippen LogP contribution in [0.3, 0.4) is 0 Å². The quantitative estimate of drug-likeness (QED) is 0.558. The molecule has 4 aromatic rings. The highest BCUT2D eigenvalue weighted by Gasteiger charge is 2.12. The molecular weight excluding hydrogens is 364 g/mol. The average Bonchev–Trinajstić information content (AvgIpc) is 3.20. The van der Waals surface area contributed by atoms with Crippen molar-refractivity contribution < 1.29 is 9.32 Å². The number of benzene rings is 2. The van der Waals surface area contributed by atoms with Crippen LogP contribution in [0, 0.1) is 0 Å². The Morgan fingerprint density at radius 1 is 1.00 bits per heavy atom. The van der Waals surface area contributed by atoms with E-state index in [-0.39, 0.29) is 5.91 Å². The van der Waals surface area contributed by atoms with Crippen molar-refractivity contribution in [2.24, 2.45) is 0 Å². The maximum Gasteiger partial charge on any atom is 0.258 e. The molecule has 2 heterocycles. The first-order chi connectivity index (χ1) is 13.2. The lowest BCUT2D eigenvalue weighted by atomic mass is 10.2. The molecule has 0 aliphatic rings. The van der Waals surface area contributed by atoms with Crippen LogP contribution in [0.25, 0.3) is 22.8 Å². The third-order valence-electron chi connectivity index (χ3n) is 3.82. The van der Waals surface area contributed by atoms with Gasteiger partial charge in [-0.05, 0) is 54.6 Å². The van der Waals surface area contributed by atoms with E-state index in [9.17, 15) is 4.79 Å².